The maximum atomic E-state index is 13.3. The SMILES string of the molecule is C=CC[C@@H]1CC=C[C@@H](C)N1C(=O)C1CCN(C(=O)c2ccc(OC)c(OC)c2)CC1. The lowest BCUT2D eigenvalue weighted by molar-refractivity contribution is -0.141. The Morgan fingerprint density at radius 1 is 1.17 bits per heavy atom. The van der Waals surface area contributed by atoms with Crippen LogP contribution in [0.5, 0.6) is 11.5 Å². The number of ether oxygens (including phenoxy) is 2. The summed E-state index contributed by atoms with van der Waals surface area (Å²) in [6, 6.07) is 5.49. The summed E-state index contributed by atoms with van der Waals surface area (Å²) in [6.07, 6.45) is 9.20. The lowest BCUT2D eigenvalue weighted by Gasteiger charge is -2.41. The van der Waals surface area contributed by atoms with E-state index in [1.807, 2.05) is 15.9 Å². The normalized spacial score (nSPS) is 22.0. The molecule has 2 heterocycles. The van der Waals surface area contributed by atoms with Crippen molar-refractivity contribution < 1.29 is 19.1 Å². The van der Waals surface area contributed by atoms with Crippen LogP contribution in [0.1, 0.15) is 43.0 Å². The molecule has 0 aliphatic carbocycles. The lowest BCUT2D eigenvalue weighted by atomic mass is 9.91. The molecule has 1 fully saturated rings. The highest BCUT2D eigenvalue weighted by Gasteiger charge is 2.35. The van der Waals surface area contributed by atoms with Crippen molar-refractivity contribution in [2.24, 2.45) is 5.92 Å². The first-order chi connectivity index (χ1) is 14.5. The maximum absolute atomic E-state index is 13.3. The number of nitrogens with zero attached hydrogens (tertiary/aromatic N) is 2. The Labute approximate surface area is 179 Å². The number of rotatable bonds is 6. The van der Waals surface area contributed by atoms with Crippen molar-refractivity contribution in [1.82, 2.24) is 9.80 Å². The van der Waals surface area contributed by atoms with Crippen LogP contribution >= 0.6 is 0 Å². The van der Waals surface area contributed by atoms with Crippen LogP contribution < -0.4 is 9.47 Å². The van der Waals surface area contributed by atoms with Crippen LogP contribution in [0.2, 0.25) is 0 Å². The zero-order valence-corrected chi connectivity index (χ0v) is 18.2. The van der Waals surface area contributed by atoms with Crippen LogP contribution in [-0.4, -0.2) is 61.0 Å². The number of hydrogen-bond acceptors (Lipinski definition) is 4. The Morgan fingerprint density at radius 2 is 1.87 bits per heavy atom. The van der Waals surface area contributed by atoms with Crippen molar-refractivity contribution in [3.8, 4) is 11.5 Å². The van der Waals surface area contributed by atoms with E-state index in [2.05, 4.69) is 25.7 Å². The first kappa shape index (κ1) is 21.9. The minimum absolute atomic E-state index is 0.0410. The molecule has 3 rings (SSSR count). The van der Waals surface area contributed by atoms with Gasteiger partial charge in [0.15, 0.2) is 11.5 Å². The van der Waals surface area contributed by atoms with Crippen molar-refractivity contribution in [2.45, 2.75) is 44.7 Å². The summed E-state index contributed by atoms with van der Waals surface area (Å²) in [4.78, 5) is 30.1. The molecule has 162 valence electrons. The molecule has 30 heavy (non-hydrogen) atoms. The van der Waals surface area contributed by atoms with Crippen molar-refractivity contribution in [2.75, 3.05) is 27.3 Å². The van der Waals surface area contributed by atoms with E-state index in [1.165, 1.54) is 0 Å². The van der Waals surface area contributed by atoms with E-state index < -0.39 is 0 Å². The first-order valence-electron chi connectivity index (χ1n) is 10.6. The third-order valence-electron chi connectivity index (χ3n) is 6.11. The van der Waals surface area contributed by atoms with E-state index in [4.69, 9.17) is 9.47 Å². The zero-order chi connectivity index (χ0) is 21.7. The van der Waals surface area contributed by atoms with Gasteiger partial charge in [-0.2, -0.15) is 0 Å². The van der Waals surface area contributed by atoms with Gasteiger partial charge >= 0.3 is 0 Å². The van der Waals surface area contributed by atoms with Gasteiger partial charge in [0.1, 0.15) is 0 Å². The topological polar surface area (TPSA) is 59.1 Å². The molecule has 0 radical (unpaired) electrons. The van der Waals surface area contributed by atoms with Crippen LogP contribution in [0.25, 0.3) is 0 Å². The van der Waals surface area contributed by atoms with Gasteiger partial charge in [-0.25, -0.2) is 0 Å². The van der Waals surface area contributed by atoms with Crippen molar-refractivity contribution >= 4 is 11.8 Å². The molecule has 1 aromatic rings. The molecule has 6 heteroatoms. The predicted octanol–water partition coefficient (Wildman–Crippen LogP) is 3.68. The molecule has 0 aromatic heterocycles. The van der Waals surface area contributed by atoms with Gasteiger partial charge in [-0.1, -0.05) is 18.2 Å². The van der Waals surface area contributed by atoms with Crippen LogP contribution in [0.15, 0.2) is 43.0 Å². The fourth-order valence-electron chi connectivity index (χ4n) is 4.45. The van der Waals surface area contributed by atoms with Gasteiger partial charge in [0.25, 0.3) is 5.91 Å². The highest BCUT2D eigenvalue weighted by Crippen LogP contribution is 2.30. The number of piperidine rings is 1. The summed E-state index contributed by atoms with van der Waals surface area (Å²) >= 11 is 0. The van der Waals surface area contributed by atoms with E-state index in [1.54, 1.807) is 32.4 Å². The molecule has 1 aromatic carbocycles. The summed E-state index contributed by atoms with van der Waals surface area (Å²) < 4.78 is 10.6. The molecule has 6 nitrogen and oxygen atoms in total. The molecule has 0 bridgehead atoms. The van der Waals surface area contributed by atoms with E-state index in [9.17, 15) is 9.59 Å². The second-order valence-electron chi connectivity index (χ2n) is 7.96. The van der Waals surface area contributed by atoms with Crippen LogP contribution in [0, 0.1) is 5.92 Å². The molecule has 0 unspecified atom stereocenters. The Kier molecular flexibility index (Phi) is 7.19. The largest absolute Gasteiger partial charge is 0.493 e. The molecule has 2 aliphatic heterocycles. The summed E-state index contributed by atoms with van der Waals surface area (Å²) in [5.74, 6) is 1.25. The molecule has 0 N–H and O–H groups in total. The highest BCUT2D eigenvalue weighted by molar-refractivity contribution is 5.95. The van der Waals surface area contributed by atoms with E-state index in [0.29, 0.717) is 43.0 Å². The summed E-state index contributed by atoms with van der Waals surface area (Å²) in [7, 11) is 3.12. The monoisotopic (exact) mass is 412 g/mol. The van der Waals surface area contributed by atoms with Crippen LogP contribution in [0.4, 0.5) is 0 Å². The van der Waals surface area contributed by atoms with Gasteiger partial charge in [-0.15, -0.1) is 6.58 Å². The van der Waals surface area contributed by atoms with E-state index >= 15 is 0 Å². The summed E-state index contributed by atoms with van der Waals surface area (Å²) in [5, 5.41) is 0. The molecule has 0 saturated carbocycles. The standard InChI is InChI=1S/C24H32N2O4/c1-5-7-20-9-6-8-17(2)26(20)24(28)18-12-14-25(15-13-18)23(27)19-10-11-21(29-3)22(16-19)30-4/h5-6,8,10-11,16-18,20H,1,7,9,12-15H2,2-4H3/t17-,20-/m1/s1. The Balaban J connectivity index is 1.64. The second kappa shape index (κ2) is 9.83. The average molecular weight is 413 g/mol. The van der Waals surface area contributed by atoms with E-state index in [-0.39, 0.29) is 29.8 Å². The molecular formula is C24H32N2O4. The number of benzene rings is 1. The number of amides is 2. The van der Waals surface area contributed by atoms with Gasteiger partial charge in [0.2, 0.25) is 5.91 Å². The quantitative estimate of drug-likeness (QED) is 0.669. The maximum Gasteiger partial charge on any atom is 0.253 e. The number of carbonyl (C=O) groups excluding carboxylic acids is 2. The third kappa shape index (κ3) is 4.53. The molecule has 2 atom stereocenters. The summed E-state index contributed by atoms with van der Waals surface area (Å²) in [5.41, 5.74) is 0.568. The predicted molar refractivity (Wildman–Crippen MR) is 117 cm³/mol. The second-order valence-corrected chi connectivity index (χ2v) is 7.96. The fourth-order valence-corrected chi connectivity index (χ4v) is 4.45. The van der Waals surface area contributed by atoms with Gasteiger partial charge in [-0.05, 0) is 50.8 Å². The van der Waals surface area contributed by atoms with Crippen LogP contribution in [-0.2, 0) is 4.79 Å². The number of likely N-dealkylation sites (tertiary alicyclic amines) is 1. The Bertz CT molecular complexity index is 811. The van der Waals surface area contributed by atoms with Gasteiger partial charge in [0.05, 0.1) is 14.2 Å². The minimum Gasteiger partial charge on any atom is -0.493 e. The molecule has 1 saturated heterocycles. The molecule has 2 amide bonds. The third-order valence-corrected chi connectivity index (χ3v) is 6.11. The average Bonchev–Trinajstić information content (AvgIpc) is 2.78. The molecular weight excluding hydrogens is 380 g/mol. The molecule has 2 aliphatic rings. The summed E-state index contributed by atoms with van der Waals surface area (Å²) in [6.45, 7) is 7.07. The van der Waals surface area contributed by atoms with Crippen molar-refractivity contribution in [3.05, 3.63) is 48.6 Å². The van der Waals surface area contributed by atoms with Gasteiger partial charge < -0.3 is 19.3 Å². The first-order valence-corrected chi connectivity index (χ1v) is 10.6. The smallest absolute Gasteiger partial charge is 0.253 e. The van der Waals surface area contributed by atoms with Crippen molar-refractivity contribution in [1.29, 1.82) is 0 Å². The number of methoxy groups -OCH3 is 2. The van der Waals surface area contributed by atoms with Gasteiger partial charge in [-0.3, -0.25) is 9.59 Å². The Morgan fingerprint density at radius 3 is 2.50 bits per heavy atom. The zero-order valence-electron chi connectivity index (χ0n) is 18.2. The highest BCUT2D eigenvalue weighted by atomic mass is 16.5. The Hall–Kier alpha value is -2.76. The number of carbonyl (C=O) groups is 2. The van der Waals surface area contributed by atoms with Crippen molar-refractivity contribution in [3.63, 3.8) is 0 Å². The minimum atomic E-state index is -0.0411. The number of hydrogen-bond donors (Lipinski definition) is 0. The van der Waals surface area contributed by atoms with Crippen LogP contribution in [0.3, 0.4) is 0 Å². The molecule has 0 spiro atoms. The van der Waals surface area contributed by atoms with E-state index in [0.717, 1.165) is 12.8 Å². The lowest BCUT2D eigenvalue weighted by Crippen LogP contribution is -2.51. The van der Waals surface area contributed by atoms with Gasteiger partial charge in [0, 0.05) is 36.7 Å². The fraction of sp³-hybridized carbons (Fsp3) is 0.500.